The van der Waals surface area contributed by atoms with Crippen molar-refractivity contribution in [1.29, 1.82) is 0 Å². The molecule has 6 heteroatoms. The van der Waals surface area contributed by atoms with Gasteiger partial charge in [0.1, 0.15) is 5.75 Å². The van der Waals surface area contributed by atoms with Crippen LogP contribution < -0.4 is 15.2 Å². The van der Waals surface area contributed by atoms with E-state index < -0.39 is 5.97 Å². The maximum absolute atomic E-state index is 12.3. The van der Waals surface area contributed by atoms with Crippen LogP contribution in [0.1, 0.15) is 21.6 Å². The number of carboxylic acids is 1. The Kier molecular flexibility index (Phi) is 4.70. The molecule has 2 N–H and O–H groups in total. The van der Waals surface area contributed by atoms with Crippen molar-refractivity contribution in [2.75, 3.05) is 7.11 Å². The summed E-state index contributed by atoms with van der Waals surface area (Å²) in [6.45, 7) is 0.297. The van der Waals surface area contributed by atoms with Gasteiger partial charge in [-0.2, -0.15) is 0 Å². The summed E-state index contributed by atoms with van der Waals surface area (Å²) in [5.41, 5.74) is 1.87. The van der Waals surface area contributed by atoms with Gasteiger partial charge in [-0.1, -0.05) is 36.4 Å². The highest BCUT2D eigenvalue weighted by Gasteiger charge is 2.15. The van der Waals surface area contributed by atoms with Crippen LogP contribution in [0.3, 0.4) is 0 Å². The molecule has 0 saturated heterocycles. The average Bonchev–Trinajstić information content (AvgIpc) is 2.99. The highest BCUT2D eigenvalue weighted by Crippen LogP contribution is 2.23. The van der Waals surface area contributed by atoms with E-state index in [1.54, 1.807) is 31.4 Å². The van der Waals surface area contributed by atoms with Crippen LogP contribution in [-0.4, -0.2) is 24.0 Å². The highest BCUT2D eigenvalue weighted by atomic mass is 16.5. The quantitative estimate of drug-likeness (QED) is 0.711. The first-order valence-electron chi connectivity index (χ1n) is 7.79. The largest absolute Gasteiger partial charge is 0.543 e. The van der Waals surface area contributed by atoms with E-state index >= 15 is 0 Å². The molecule has 0 saturated carbocycles. The van der Waals surface area contributed by atoms with E-state index in [0.29, 0.717) is 28.8 Å². The predicted molar refractivity (Wildman–Crippen MR) is 91.2 cm³/mol. The fraction of sp³-hybridized carbons (Fsp3) is 0.158. The Morgan fingerprint density at radius 2 is 1.84 bits per heavy atom. The van der Waals surface area contributed by atoms with Gasteiger partial charge in [0.2, 0.25) is 5.91 Å². The van der Waals surface area contributed by atoms with E-state index in [0.717, 1.165) is 5.56 Å². The third-order valence-corrected chi connectivity index (χ3v) is 4.02. The molecule has 3 aromatic rings. The first-order valence-corrected chi connectivity index (χ1v) is 7.79. The number of carbonyl (C=O) groups excluding carboxylic acids is 2. The summed E-state index contributed by atoms with van der Waals surface area (Å²) in [5, 5.41) is 14.8. The number of amides is 1. The lowest BCUT2D eigenvalue weighted by atomic mass is 10.1. The average molecular weight is 337 g/mol. The molecule has 128 valence electrons. The number of aromatic carboxylic acids is 1. The van der Waals surface area contributed by atoms with E-state index in [9.17, 15) is 14.7 Å². The highest BCUT2D eigenvalue weighted by molar-refractivity contribution is 5.99. The number of hydrogen-bond acceptors (Lipinski definition) is 4. The van der Waals surface area contributed by atoms with Gasteiger partial charge in [-0.05, 0) is 17.7 Å². The van der Waals surface area contributed by atoms with Crippen molar-refractivity contribution in [1.82, 2.24) is 10.3 Å². The lowest BCUT2D eigenvalue weighted by Gasteiger charge is -2.10. The van der Waals surface area contributed by atoms with Crippen molar-refractivity contribution >= 4 is 22.8 Å². The molecule has 0 unspecified atom stereocenters. The summed E-state index contributed by atoms with van der Waals surface area (Å²) in [5.74, 6) is -0.924. The Labute approximate surface area is 144 Å². The summed E-state index contributed by atoms with van der Waals surface area (Å²) in [4.78, 5) is 26.5. The number of ether oxygens (including phenoxy) is 1. The van der Waals surface area contributed by atoms with Crippen LogP contribution in [0.4, 0.5) is 0 Å². The third kappa shape index (κ3) is 3.47. The number of hydrogen-bond donors (Lipinski definition) is 2. The minimum absolute atomic E-state index is 0.0531. The monoisotopic (exact) mass is 337 g/mol. The Morgan fingerprint density at radius 1 is 1.12 bits per heavy atom. The van der Waals surface area contributed by atoms with Gasteiger partial charge in [0.25, 0.3) is 0 Å². The van der Waals surface area contributed by atoms with E-state index in [1.165, 1.54) is 0 Å². The molecule has 2 aromatic carbocycles. The molecule has 1 heterocycles. The van der Waals surface area contributed by atoms with Gasteiger partial charge in [0.05, 0.1) is 25.2 Å². The van der Waals surface area contributed by atoms with Crippen LogP contribution >= 0.6 is 0 Å². The molecule has 0 spiro atoms. The standard InChI is InChI=1S/C19H18N2O4/c1-25-16-9-5-2-6-12(16)11-20-17(22)10-14-13-7-3-4-8-15(13)21-18(14)19(23)24/h2-9,21H,10-11H2,1H3,(H,20,22)(H,23,24)/p-1. The van der Waals surface area contributed by atoms with Crippen molar-refractivity contribution in [3.63, 3.8) is 0 Å². The van der Waals surface area contributed by atoms with Crippen LogP contribution in [0.25, 0.3) is 10.9 Å². The Bertz CT molecular complexity index is 930. The molecule has 1 aromatic heterocycles. The molecule has 0 radical (unpaired) electrons. The number of carbonyl (C=O) groups is 2. The molecule has 1 amide bonds. The molecular weight excluding hydrogens is 320 g/mol. The van der Waals surface area contributed by atoms with Crippen LogP contribution in [-0.2, 0) is 17.8 Å². The molecule has 0 aliphatic heterocycles. The Hall–Kier alpha value is -3.28. The molecule has 0 atom stereocenters. The number of H-pyrrole nitrogens is 1. The lowest BCUT2D eigenvalue weighted by molar-refractivity contribution is -0.255. The van der Waals surface area contributed by atoms with Crippen molar-refractivity contribution in [2.45, 2.75) is 13.0 Å². The maximum atomic E-state index is 12.3. The smallest absolute Gasteiger partial charge is 0.224 e. The van der Waals surface area contributed by atoms with Crippen molar-refractivity contribution < 1.29 is 19.4 Å². The fourth-order valence-corrected chi connectivity index (χ4v) is 2.82. The number of methoxy groups -OCH3 is 1. The number of carboxylic acid groups (broad SMARTS) is 1. The minimum atomic E-state index is -1.33. The summed E-state index contributed by atoms with van der Waals surface area (Å²) in [6, 6.07) is 14.5. The van der Waals surface area contributed by atoms with Gasteiger partial charge in [0.15, 0.2) is 0 Å². The van der Waals surface area contributed by atoms with E-state index in [1.807, 2.05) is 24.3 Å². The second-order valence-electron chi connectivity index (χ2n) is 5.58. The minimum Gasteiger partial charge on any atom is -0.543 e. The number of fused-ring (bicyclic) bond motifs is 1. The summed E-state index contributed by atoms with van der Waals surface area (Å²) < 4.78 is 5.25. The predicted octanol–water partition coefficient (Wildman–Crippen LogP) is 1.40. The molecule has 3 rings (SSSR count). The number of para-hydroxylation sites is 2. The van der Waals surface area contributed by atoms with Crippen LogP contribution in [0.2, 0.25) is 0 Å². The molecule has 6 nitrogen and oxygen atoms in total. The van der Waals surface area contributed by atoms with Gasteiger partial charge in [0, 0.05) is 23.0 Å². The Balaban J connectivity index is 1.78. The first-order chi connectivity index (χ1) is 12.1. The number of aromatic nitrogens is 1. The van der Waals surface area contributed by atoms with Gasteiger partial charge in [-0.15, -0.1) is 0 Å². The summed E-state index contributed by atoms with van der Waals surface area (Å²) >= 11 is 0. The molecule has 0 aliphatic carbocycles. The van der Waals surface area contributed by atoms with Crippen LogP contribution in [0, 0.1) is 0 Å². The van der Waals surface area contributed by atoms with E-state index in [4.69, 9.17) is 4.74 Å². The normalized spacial score (nSPS) is 10.6. The van der Waals surface area contributed by atoms with Crippen LogP contribution in [0.15, 0.2) is 48.5 Å². The number of aromatic amines is 1. The number of rotatable bonds is 6. The third-order valence-electron chi connectivity index (χ3n) is 4.02. The van der Waals surface area contributed by atoms with Crippen molar-refractivity contribution in [2.24, 2.45) is 0 Å². The summed E-state index contributed by atoms with van der Waals surface area (Å²) in [6.07, 6.45) is -0.0531. The zero-order chi connectivity index (χ0) is 17.8. The van der Waals surface area contributed by atoms with E-state index in [-0.39, 0.29) is 18.0 Å². The molecular formula is C19H17N2O4-. The lowest BCUT2D eigenvalue weighted by Crippen LogP contribution is -2.28. The maximum Gasteiger partial charge on any atom is 0.224 e. The second-order valence-corrected chi connectivity index (χ2v) is 5.58. The molecule has 25 heavy (non-hydrogen) atoms. The fourth-order valence-electron chi connectivity index (χ4n) is 2.82. The number of benzene rings is 2. The topological polar surface area (TPSA) is 94.2 Å². The summed E-state index contributed by atoms with van der Waals surface area (Å²) in [7, 11) is 1.57. The first kappa shape index (κ1) is 16.6. The second kappa shape index (κ2) is 7.09. The SMILES string of the molecule is COc1ccccc1CNC(=O)Cc1c(C(=O)[O-])[nH]c2ccccc12. The van der Waals surface area contributed by atoms with Gasteiger partial charge < -0.3 is 24.9 Å². The Morgan fingerprint density at radius 3 is 2.60 bits per heavy atom. The van der Waals surface area contributed by atoms with Crippen molar-refractivity contribution in [3.05, 3.63) is 65.4 Å². The zero-order valence-electron chi connectivity index (χ0n) is 13.7. The van der Waals surface area contributed by atoms with Crippen molar-refractivity contribution in [3.8, 4) is 5.75 Å². The molecule has 0 bridgehead atoms. The van der Waals surface area contributed by atoms with Gasteiger partial charge in [-0.3, -0.25) is 4.79 Å². The van der Waals surface area contributed by atoms with Crippen LogP contribution in [0.5, 0.6) is 5.75 Å². The van der Waals surface area contributed by atoms with E-state index in [2.05, 4.69) is 10.3 Å². The molecule has 0 aliphatic rings. The molecule has 0 fully saturated rings. The van der Waals surface area contributed by atoms with Gasteiger partial charge >= 0.3 is 0 Å². The zero-order valence-corrected chi connectivity index (χ0v) is 13.7. The van der Waals surface area contributed by atoms with Gasteiger partial charge in [-0.25, -0.2) is 0 Å². The number of nitrogens with one attached hydrogen (secondary N) is 2.